The Labute approximate surface area is 86.0 Å². The Balaban J connectivity index is 2.14. The fraction of sp³-hybridized carbons (Fsp3) is 1.00. The third-order valence-electron chi connectivity index (χ3n) is 4.03. The van der Waals surface area contributed by atoms with E-state index in [1.807, 2.05) is 0 Å². The quantitative estimate of drug-likeness (QED) is 0.680. The molecule has 0 spiro atoms. The van der Waals surface area contributed by atoms with Crippen LogP contribution in [-0.2, 0) is 4.74 Å². The van der Waals surface area contributed by atoms with Crippen LogP contribution in [0, 0.1) is 5.92 Å². The van der Waals surface area contributed by atoms with Crippen molar-refractivity contribution < 1.29 is 9.84 Å². The Hall–Kier alpha value is -0.120. The number of aliphatic hydroxyl groups is 1. The Morgan fingerprint density at radius 1 is 1.29 bits per heavy atom. The summed E-state index contributed by atoms with van der Waals surface area (Å²) in [7, 11) is 2.15. The molecule has 3 nitrogen and oxygen atoms in total. The Morgan fingerprint density at radius 3 is 2.21 bits per heavy atom. The van der Waals surface area contributed by atoms with Crippen LogP contribution in [-0.4, -0.2) is 48.0 Å². The molecule has 2 bridgehead atoms. The number of piperidine rings is 1. The fourth-order valence-corrected chi connectivity index (χ4v) is 2.65. The predicted molar refractivity (Wildman–Crippen MR) is 55.2 cm³/mol. The molecule has 2 saturated heterocycles. The second-order valence-electron chi connectivity index (χ2n) is 5.18. The largest absolute Gasteiger partial charge is 0.389 e. The van der Waals surface area contributed by atoms with Gasteiger partial charge in [0.25, 0.3) is 0 Å². The zero-order valence-corrected chi connectivity index (χ0v) is 9.36. The highest BCUT2D eigenvalue weighted by Gasteiger charge is 2.45. The number of nitrogens with zero attached hydrogens (tertiary/aromatic N) is 1. The molecule has 0 aromatic heterocycles. The Bertz CT molecular complexity index is 203. The van der Waals surface area contributed by atoms with E-state index in [1.54, 1.807) is 0 Å². The molecular formula is C11H21NO2. The van der Waals surface area contributed by atoms with Gasteiger partial charge in [-0.05, 0) is 25.8 Å². The van der Waals surface area contributed by atoms with Crippen LogP contribution in [0.2, 0.25) is 0 Å². The Kier molecular flexibility index (Phi) is 2.58. The molecular weight excluding hydrogens is 178 g/mol. The van der Waals surface area contributed by atoms with Crippen LogP contribution in [0.5, 0.6) is 0 Å². The van der Waals surface area contributed by atoms with Crippen LogP contribution >= 0.6 is 0 Å². The first-order valence-corrected chi connectivity index (χ1v) is 5.55. The van der Waals surface area contributed by atoms with E-state index in [-0.39, 0.29) is 0 Å². The van der Waals surface area contributed by atoms with Gasteiger partial charge < -0.3 is 9.84 Å². The SMILES string of the molecule is CC(C)C1(O)CC2COCC(C1)N2C. The first kappa shape index (κ1) is 10.4. The molecule has 82 valence electrons. The van der Waals surface area contributed by atoms with Crippen molar-refractivity contribution in [2.45, 2.75) is 44.4 Å². The van der Waals surface area contributed by atoms with Crippen molar-refractivity contribution >= 4 is 0 Å². The molecule has 0 aromatic carbocycles. The van der Waals surface area contributed by atoms with E-state index >= 15 is 0 Å². The van der Waals surface area contributed by atoms with Crippen LogP contribution < -0.4 is 0 Å². The van der Waals surface area contributed by atoms with E-state index in [4.69, 9.17) is 4.74 Å². The first-order valence-electron chi connectivity index (χ1n) is 5.55. The summed E-state index contributed by atoms with van der Waals surface area (Å²) in [5.41, 5.74) is -0.467. The van der Waals surface area contributed by atoms with E-state index in [0.29, 0.717) is 18.0 Å². The molecule has 2 unspecified atom stereocenters. The normalized spacial score (nSPS) is 44.4. The maximum atomic E-state index is 10.5. The molecule has 1 N–H and O–H groups in total. The summed E-state index contributed by atoms with van der Waals surface area (Å²) in [6, 6.07) is 0.824. The van der Waals surface area contributed by atoms with Crippen LogP contribution in [0.4, 0.5) is 0 Å². The van der Waals surface area contributed by atoms with Gasteiger partial charge in [0.05, 0.1) is 18.8 Å². The minimum Gasteiger partial charge on any atom is -0.389 e. The van der Waals surface area contributed by atoms with Crippen LogP contribution in [0.3, 0.4) is 0 Å². The highest BCUT2D eigenvalue weighted by molar-refractivity contribution is 4.99. The summed E-state index contributed by atoms with van der Waals surface area (Å²) < 4.78 is 5.53. The number of likely N-dealkylation sites (N-methyl/N-ethyl adjacent to an activating group) is 1. The van der Waals surface area contributed by atoms with E-state index in [9.17, 15) is 5.11 Å². The van der Waals surface area contributed by atoms with Gasteiger partial charge in [0.2, 0.25) is 0 Å². The average molecular weight is 199 g/mol. The molecule has 14 heavy (non-hydrogen) atoms. The standard InChI is InChI=1S/C11H21NO2/c1-8(2)11(13)4-9-6-14-7-10(5-11)12(9)3/h8-10,13H,4-7H2,1-3H3. The summed E-state index contributed by atoms with van der Waals surface area (Å²) in [6.07, 6.45) is 1.72. The highest BCUT2D eigenvalue weighted by atomic mass is 16.5. The number of rotatable bonds is 1. The lowest BCUT2D eigenvalue weighted by molar-refractivity contribution is -0.149. The molecule has 0 saturated carbocycles. The van der Waals surface area contributed by atoms with Crippen molar-refractivity contribution in [3.63, 3.8) is 0 Å². The lowest BCUT2D eigenvalue weighted by Crippen LogP contribution is -2.61. The molecule has 3 heteroatoms. The third-order valence-corrected chi connectivity index (χ3v) is 4.03. The summed E-state index contributed by atoms with van der Waals surface area (Å²) in [4.78, 5) is 2.38. The molecule has 0 aromatic rings. The number of ether oxygens (including phenoxy) is 1. The predicted octanol–water partition coefficient (Wildman–Crippen LogP) is 0.866. The molecule has 2 aliphatic heterocycles. The minimum atomic E-state index is -0.467. The Morgan fingerprint density at radius 2 is 1.79 bits per heavy atom. The molecule has 0 amide bonds. The first-order chi connectivity index (χ1) is 6.53. The van der Waals surface area contributed by atoms with Crippen LogP contribution in [0.15, 0.2) is 0 Å². The highest BCUT2D eigenvalue weighted by Crippen LogP contribution is 2.37. The van der Waals surface area contributed by atoms with Gasteiger partial charge in [-0.25, -0.2) is 0 Å². The average Bonchev–Trinajstić information content (AvgIpc) is 2.07. The zero-order chi connectivity index (χ0) is 10.3. The summed E-state index contributed by atoms with van der Waals surface area (Å²) in [5, 5.41) is 10.5. The maximum absolute atomic E-state index is 10.5. The number of fused-ring (bicyclic) bond motifs is 2. The lowest BCUT2D eigenvalue weighted by atomic mass is 9.75. The van der Waals surface area contributed by atoms with Gasteiger partial charge >= 0.3 is 0 Å². The van der Waals surface area contributed by atoms with Gasteiger partial charge in [-0.3, -0.25) is 4.90 Å². The molecule has 2 aliphatic rings. The van der Waals surface area contributed by atoms with Gasteiger partial charge in [0, 0.05) is 12.1 Å². The van der Waals surface area contributed by atoms with E-state index in [2.05, 4.69) is 25.8 Å². The topological polar surface area (TPSA) is 32.7 Å². The second kappa shape index (κ2) is 3.47. The van der Waals surface area contributed by atoms with Gasteiger partial charge in [-0.15, -0.1) is 0 Å². The molecule has 2 atom stereocenters. The van der Waals surface area contributed by atoms with E-state index in [0.717, 1.165) is 26.1 Å². The van der Waals surface area contributed by atoms with Crippen molar-refractivity contribution in [2.24, 2.45) is 5.92 Å². The summed E-state index contributed by atoms with van der Waals surface area (Å²) in [6.45, 7) is 5.79. The smallest absolute Gasteiger partial charge is 0.0702 e. The fourth-order valence-electron chi connectivity index (χ4n) is 2.65. The third kappa shape index (κ3) is 1.58. The minimum absolute atomic E-state index is 0.347. The maximum Gasteiger partial charge on any atom is 0.0702 e. The van der Waals surface area contributed by atoms with Gasteiger partial charge in [-0.2, -0.15) is 0 Å². The second-order valence-corrected chi connectivity index (χ2v) is 5.18. The van der Waals surface area contributed by atoms with Crippen molar-refractivity contribution in [1.29, 1.82) is 0 Å². The molecule has 2 rings (SSSR count). The van der Waals surface area contributed by atoms with Gasteiger partial charge in [-0.1, -0.05) is 13.8 Å². The zero-order valence-electron chi connectivity index (χ0n) is 9.36. The van der Waals surface area contributed by atoms with Crippen molar-refractivity contribution in [2.75, 3.05) is 20.3 Å². The van der Waals surface area contributed by atoms with E-state index in [1.165, 1.54) is 0 Å². The van der Waals surface area contributed by atoms with Gasteiger partial charge in [0.1, 0.15) is 0 Å². The van der Waals surface area contributed by atoms with Crippen LogP contribution in [0.25, 0.3) is 0 Å². The van der Waals surface area contributed by atoms with Crippen molar-refractivity contribution in [3.8, 4) is 0 Å². The lowest BCUT2D eigenvalue weighted by Gasteiger charge is -2.51. The number of hydrogen-bond acceptors (Lipinski definition) is 3. The van der Waals surface area contributed by atoms with Crippen molar-refractivity contribution in [3.05, 3.63) is 0 Å². The van der Waals surface area contributed by atoms with Gasteiger partial charge in [0.15, 0.2) is 0 Å². The van der Waals surface area contributed by atoms with Crippen LogP contribution in [0.1, 0.15) is 26.7 Å². The number of hydrogen-bond donors (Lipinski definition) is 1. The molecule has 2 heterocycles. The molecule has 0 radical (unpaired) electrons. The molecule has 2 fully saturated rings. The van der Waals surface area contributed by atoms with E-state index < -0.39 is 5.60 Å². The molecule has 0 aliphatic carbocycles. The summed E-state index contributed by atoms with van der Waals surface area (Å²) in [5.74, 6) is 0.347. The summed E-state index contributed by atoms with van der Waals surface area (Å²) >= 11 is 0. The number of morpholine rings is 1. The van der Waals surface area contributed by atoms with Crippen molar-refractivity contribution in [1.82, 2.24) is 4.90 Å². The monoisotopic (exact) mass is 199 g/mol.